The molecule has 0 N–H and O–H groups in total. The Balaban J connectivity index is 0.0000137. The van der Waals surface area contributed by atoms with Gasteiger partial charge >= 0.3 is 0 Å². The second kappa shape index (κ2) is 29.3. The van der Waals surface area contributed by atoms with Crippen molar-refractivity contribution in [2.45, 2.75) is 181 Å². The summed E-state index contributed by atoms with van der Waals surface area (Å²) < 4.78 is 0. The first-order valence-electron chi connectivity index (χ1n) is 17.1. The molecule has 0 saturated carbocycles. The smallest absolute Gasteiger partial charge is 0.0363 e. The molecule has 1 nitrogen and oxygen atoms in total. The van der Waals surface area contributed by atoms with Crippen LogP contribution in [0.3, 0.4) is 0 Å². The number of rotatable bonds is 28. The van der Waals surface area contributed by atoms with Gasteiger partial charge in [-0.05, 0) is 37.0 Å². The highest BCUT2D eigenvalue weighted by Crippen LogP contribution is 2.18. The van der Waals surface area contributed by atoms with Gasteiger partial charge in [-0.15, -0.1) is 12.4 Å². The van der Waals surface area contributed by atoms with E-state index >= 15 is 0 Å². The van der Waals surface area contributed by atoms with E-state index in [1.54, 1.807) is 0 Å². The molecule has 0 aliphatic rings. The van der Waals surface area contributed by atoms with Crippen molar-refractivity contribution in [1.82, 2.24) is 0 Å². The van der Waals surface area contributed by atoms with E-state index in [0.717, 1.165) is 0 Å². The average molecular weight is 550 g/mol. The van der Waals surface area contributed by atoms with Crippen molar-refractivity contribution in [3.05, 3.63) is 29.8 Å². The molecule has 0 amide bonds. The summed E-state index contributed by atoms with van der Waals surface area (Å²) in [5.74, 6) is 0. The maximum Gasteiger partial charge on any atom is 0.0363 e. The van der Waals surface area contributed by atoms with E-state index in [1.807, 2.05) is 0 Å². The minimum Gasteiger partial charge on any atom is -0.375 e. The summed E-state index contributed by atoms with van der Waals surface area (Å²) in [5, 5.41) is 0. The predicted molar refractivity (Wildman–Crippen MR) is 177 cm³/mol. The van der Waals surface area contributed by atoms with Gasteiger partial charge in [-0.1, -0.05) is 174 Å². The van der Waals surface area contributed by atoms with Crippen molar-refractivity contribution >= 4 is 18.1 Å². The van der Waals surface area contributed by atoms with Gasteiger partial charge in [0.15, 0.2) is 0 Å². The lowest BCUT2D eigenvalue weighted by molar-refractivity contribution is 0.529. The monoisotopic (exact) mass is 550 g/mol. The maximum absolute atomic E-state index is 2.44. The van der Waals surface area contributed by atoms with Gasteiger partial charge in [-0.25, -0.2) is 0 Å². The van der Waals surface area contributed by atoms with Crippen LogP contribution in [0.25, 0.3) is 0 Å². The lowest BCUT2D eigenvalue weighted by Gasteiger charge is -2.19. The zero-order valence-electron chi connectivity index (χ0n) is 26.3. The Hall–Kier alpha value is -0.690. The Morgan fingerprint density at radius 3 is 1.11 bits per heavy atom. The van der Waals surface area contributed by atoms with Gasteiger partial charge < -0.3 is 4.90 Å². The minimum absolute atomic E-state index is 0. The Bertz CT molecular complexity index is 569. The van der Waals surface area contributed by atoms with Crippen LogP contribution in [0.4, 0.5) is 5.69 Å². The zero-order chi connectivity index (χ0) is 26.7. The van der Waals surface area contributed by atoms with Crippen LogP contribution in [-0.2, 0) is 6.42 Å². The zero-order valence-corrected chi connectivity index (χ0v) is 27.1. The molecule has 0 heterocycles. The highest BCUT2D eigenvalue weighted by molar-refractivity contribution is 5.85. The summed E-state index contributed by atoms with van der Waals surface area (Å²) in [6.45, 7) is 5.79. The molecule has 0 spiro atoms. The number of aryl methyl sites for hydroxylation is 1. The number of halogens is 1. The fourth-order valence-electron chi connectivity index (χ4n) is 5.58. The Morgan fingerprint density at radius 2 is 0.737 bits per heavy atom. The standard InChI is InChI=1S/C36H67N.ClH/c1-4-6-8-10-12-14-15-16-17-18-19-20-21-23-25-27-29-35-30-32-36(33-31-35)37(3)34-28-26-24-22-13-11-9-7-5-2;/h30-33H,4-29,34H2,1-3H3;1H. The van der Waals surface area contributed by atoms with Crippen LogP contribution in [0.15, 0.2) is 24.3 Å². The van der Waals surface area contributed by atoms with Crippen molar-refractivity contribution in [3.8, 4) is 0 Å². The number of benzene rings is 1. The van der Waals surface area contributed by atoms with Crippen LogP contribution in [0.1, 0.15) is 180 Å². The predicted octanol–water partition coefficient (Wildman–Crippen LogP) is 12.9. The van der Waals surface area contributed by atoms with Crippen molar-refractivity contribution in [1.29, 1.82) is 0 Å². The lowest BCUT2D eigenvalue weighted by atomic mass is 10.0. The molecular formula is C36H68ClN. The fourth-order valence-corrected chi connectivity index (χ4v) is 5.58. The van der Waals surface area contributed by atoms with Crippen LogP contribution in [0.2, 0.25) is 0 Å². The Labute approximate surface area is 246 Å². The third-order valence-electron chi connectivity index (χ3n) is 8.29. The molecule has 1 rings (SSSR count). The first-order valence-corrected chi connectivity index (χ1v) is 17.1. The van der Waals surface area contributed by atoms with E-state index in [1.165, 1.54) is 185 Å². The van der Waals surface area contributed by atoms with Crippen molar-refractivity contribution in [2.24, 2.45) is 0 Å². The quantitative estimate of drug-likeness (QED) is 0.0939. The molecule has 0 unspecified atom stereocenters. The molecule has 38 heavy (non-hydrogen) atoms. The molecule has 0 radical (unpaired) electrons. The van der Waals surface area contributed by atoms with Gasteiger partial charge in [-0.2, -0.15) is 0 Å². The van der Waals surface area contributed by atoms with Gasteiger partial charge in [0, 0.05) is 19.3 Å². The minimum atomic E-state index is 0. The van der Waals surface area contributed by atoms with Crippen molar-refractivity contribution in [2.75, 3.05) is 18.5 Å². The molecule has 1 aromatic rings. The molecule has 0 bridgehead atoms. The highest BCUT2D eigenvalue weighted by atomic mass is 35.5. The molecule has 0 aromatic heterocycles. The third kappa shape index (κ3) is 23.2. The van der Waals surface area contributed by atoms with Gasteiger partial charge in [0.2, 0.25) is 0 Å². The number of anilines is 1. The van der Waals surface area contributed by atoms with Crippen LogP contribution >= 0.6 is 12.4 Å². The van der Waals surface area contributed by atoms with E-state index in [9.17, 15) is 0 Å². The van der Waals surface area contributed by atoms with E-state index in [0.29, 0.717) is 0 Å². The Morgan fingerprint density at radius 1 is 0.421 bits per heavy atom. The second-order valence-corrected chi connectivity index (χ2v) is 12.0. The second-order valence-electron chi connectivity index (χ2n) is 12.0. The van der Waals surface area contributed by atoms with Gasteiger partial charge in [0.05, 0.1) is 0 Å². The summed E-state index contributed by atoms with van der Waals surface area (Å²) in [4.78, 5) is 2.44. The SMILES string of the molecule is CCCCCCCCCCCCCCCCCCc1ccc(N(C)CCCCCCCCCCC)cc1.Cl. The maximum atomic E-state index is 2.44. The first-order chi connectivity index (χ1) is 18.3. The van der Waals surface area contributed by atoms with Crippen LogP contribution in [0, 0.1) is 0 Å². The number of nitrogens with zero attached hydrogens (tertiary/aromatic N) is 1. The van der Waals surface area contributed by atoms with E-state index in [-0.39, 0.29) is 12.4 Å². The number of hydrogen-bond acceptors (Lipinski definition) is 1. The highest BCUT2D eigenvalue weighted by Gasteiger charge is 2.02. The number of unbranched alkanes of at least 4 members (excludes halogenated alkanes) is 23. The first kappa shape index (κ1) is 37.3. The molecule has 2 heteroatoms. The largest absolute Gasteiger partial charge is 0.375 e. The summed E-state index contributed by atoms with van der Waals surface area (Å²) in [6.07, 6.45) is 37.0. The molecule has 1 aromatic carbocycles. The molecule has 0 saturated heterocycles. The molecule has 0 atom stereocenters. The summed E-state index contributed by atoms with van der Waals surface area (Å²) >= 11 is 0. The molecule has 0 fully saturated rings. The normalized spacial score (nSPS) is 11.0. The van der Waals surface area contributed by atoms with Crippen LogP contribution in [0.5, 0.6) is 0 Å². The molecular weight excluding hydrogens is 482 g/mol. The Kier molecular flexibility index (Phi) is 28.8. The van der Waals surface area contributed by atoms with Gasteiger partial charge in [0.1, 0.15) is 0 Å². The lowest BCUT2D eigenvalue weighted by Crippen LogP contribution is -2.18. The summed E-state index contributed by atoms with van der Waals surface area (Å²) in [6, 6.07) is 9.42. The third-order valence-corrected chi connectivity index (χ3v) is 8.29. The fraction of sp³-hybridized carbons (Fsp3) is 0.833. The van der Waals surface area contributed by atoms with Gasteiger partial charge in [0.25, 0.3) is 0 Å². The van der Waals surface area contributed by atoms with Crippen molar-refractivity contribution < 1.29 is 0 Å². The van der Waals surface area contributed by atoms with Crippen molar-refractivity contribution in [3.63, 3.8) is 0 Å². The topological polar surface area (TPSA) is 3.24 Å². The van der Waals surface area contributed by atoms with Crippen LogP contribution < -0.4 is 4.90 Å². The van der Waals surface area contributed by atoms with E-state index in [4.69, 9.17) is 0 Å². The number of hydrogen-bond donors (Lipinski definition) is 0. The molecule has 224 valence electrons. The summed E-state index contributed by atoms with van der Waals surface area (Å²) in [5.41, 5.74) is 2.90. The average Bonchev–Trinajstić information content (AvgIpc) is 2.92. The van der Waals surface area contributed by atoms with Gasteiger partial charge in [-0.3, -0.25) is 0 Å². The molecule has 0 aliphatic carbocycles. The van der Waals surface area contributed by atoms with Crippen LogP contribution in [-0.4, -0.2) is 13.6 Å². The van der Waals surface area contributed by atoms with E-state index < -0.39 is 0 Å². The summed E-state index contributed by atoms with van der Waals surface area (Å²) in [7, 11) is 2.26. The molecule has 0 aliphatic heterocycles. The van der Waals surface area contributed by atoms with E-state index in [2.05, 4.69) is 50.1 Å².